The number of aryl methyl sites for hydroxylation is 1. The summed E-state index contributed by atoms with van der Waals surface area (Å²) >= 11 is 6.49. The monoisotopic (exact) mass is 527 g/mol. The fraction of sp³-hybridized carbons (Fsp3) is 0.357. The molecule has 2 aromatic carbocycles. The summed E-state index contributed by atoms with van der Waals surface area (Å²) < 4.78 is 31.8. The van der Waals surface area contributed by atoms with Crippen molar-refractivity contribution < 1.29 is 23.5 Å². The summed E-state index contributed by atoms with van der Waals surface area (Å²) in [4.78, 5) is 19.2. The van der Waals surface area contributed by atoms with Crippen LogP contribution < -0.4 is 10.2 Å². The van der Waals surface area contributed by atoms with Crippen molar-refractivity contribution in [2.45, 2.75) is 32.1 Å². The van der Waals surface area contributed by atoms with E-state index in [0.29, 0.717) is 68.1 Å². The van der Waals surface area contributed by atoms with Crippen molar-refractivity contribution in [1.82, 2.24) is 15.4 Å². The number of hydrogen-bond acceptors (Lipinski definition) is 5. The van der Waals surface area contributed by atoms with Crippen LogP contribution in [0.25, 0.3) is 10.9 Å². The number of methoxy groups -OCH3 is 1. The lowest BCUT2D eigenvalue weighted by Gasteiger charge is -2.39. The molecule has 1 saturated heterocycles. The molecule has 1 aliphatic rings. The van der Waals surface area contributed by atoms with Gasteiger partial charge in [-0.3, -0.25) is 19.9 Å². The molecular formula is C28H28ClF2N3O3. The standard InChI is InChI=1S/C28H28ClF2N3O3/c1-37-20-7-9-26-22(17-20)21(23(29)18-32-26)5-2-10-28(27(35)33-36)11-14-34(15-12-28)13-3-4-19-6-8-24(30)25(31)16-19/h6-9,16-18,36H,2,5,10-15H2,1H3,(H,33,35). The first-order chi connectivity index (χ1) is 17.8. The highest BCUT2D eigenvalue weighted by atomic mass is 35.5. The molecular weight excluding hydrogens is 500 g/mol. The van der Waals surface area contributed by atoms with Gasteiger partial charge in [0.05, 0.1) is 29.6 Å². The molecule has 0 radical (unpaired) electrons. The van der Waals surface area contributed by atoms with Crippen molar-refractivity contribution >= 4 is 28.4 Å². The van der Waals surface area contributed by atoms with Crippen molar-refractivity contribution in [3.63, 3.8) is 0 Å². The highest BCUT2D eigenvalue weighted by Gasteiger charge is 2.40. The first-order valence-corrected chi connectivity index (χ1v) is 12.4. The van der Waals surface area contributed by atoms with Gasteiger partial charge in [-0.15, -0.1) is 0 Å². The molecule has 1 aromatic heterocycles. The predicted molar refractivity (Wildman–Crippen MR) is 138 cm³/mol. The summed E-state index contributed by atoms with van der Waals surface area (Å²) in [5, 5.41) is 10.9. The van der Waals surface area contributed by atoms with E-state index in [9.17, 15) is 18.8 Å². The molecule has 0 atom stereocenters. The van der Waals surface area contributed by atoms with Gasteiger partial charge in [0.15, 0.2) is 11.6 Å². The Kier molecular flexibility index (Phi) is 8.59. The van der Waals surface area contributed by atoms with Crippen LogP contribution in [0.5, 0.6) is 5.75 Å². The predicted octanol–water partition coefficient (Wildman–Crippen LogP) is 5.14. The molecule has 2 N–H and O–H groups in total. The molecule has 0 saturated carbocycles. The van der Waals surface area contributed by atoms with E-state index >= 15 is 0 Å². The van der Waals surface area contributed by atoms with Crippen molar-refractivity contribution in [1.29, 1.82) is 0 Å². The minimum absolute atomic E-state index is 0.382. The number of nitrogens with zero attached hydrogens (tertiary/aromatic N) is 2. The van der Waals surface area contributed by atoms with Crippen LogP contribution >= 0.6 is 11.6 Å². The number of nitrogens with one attached hydrogen (secondary N) is 1. The summed E-state index contributed by atoms with van der Waals surface area (Å²) in [5.74, 6) is 4.35. The number of benzene rings is 2. The Morgan fingerprint density at radius 1 is 1.22 bits per heavy atom. The average Bonchev–Trinajstić information content (AvgIpc) is 2.92. The van der Waals surface area contributed by atoms with Gasteiger partial charge < -0.3 is 4.74 Å². The van der Waals surface area contributed by atoms with Gasteiger partial charge >= 0.3 is 0 Å². The van der Waals surface area contributed by atoms with Gasteiger partial charge in [0.2, 0.25) is 5.91 Å². The van der Waals surface area contributed by atoms with E-state index in [1.54, 1.807) is 13.3 Å². The quantitative estimate of drug-likeness (QED) is 0.253. The number of carbonyl (C=O) groups excluding carboxylic acids is 1. The Hall–Kier alpha value is -3.25. The Labute approximate surface area is 219 Å². The van der Waals surface area contributed by atoms with Gasteiger partial charge in [0, 0.05) is 30.2 Å². The van der Waals surface area contributed by atoms with Crippen LogP contribution in [-0.4, -0.2) is 47.7 Å². The van der Waals surface area contributed by atoms with E-state index < -0.39 is 17.0 Å². The van der Waals surface area contributed by atoms with Crippen LogP contribution in [0.4, 0.5) is 8.78 Å². The number of aromatic nitrogens is 1. The SMILES string of the molecule is COc1ccc2ncc(Cl)c(CCCC3(C(=O)NO)CCN(CC#Cc4ccc(F)c(F)c4)CC3)c2c1. The maximum absolute atomic E-state index is 13.4. The summed E-state index contributed by atoms with van der Waals surface area (Å²) in [6.45, 7) is 1.68. The van der Waals surface area contributed by atoms with Gasteiger partial charge in [-0.1, -0.05) is 23.4 Å². The normalized spacial score (nSPS) is 15.2. The summed E-state index contributed by atoms with van der Waals surface area (Å²) in [5.41, 5.74) is 3.34. The van der Waals surface area contributed by atoms with Gasteiger partial charge in [-0.25, -0.2) is 14.3 Å². The van der Waals surface area contributed by atoms with E-state index in [0.717, 1.165) is 28.6 Å². The maximum Gasteiger partial charge on any atom is 0.249 e. The third kappa shape index (κ3) is 6.19. The molecule has 6 nitrogen and oxygen atoms in total. The van der Waals surface area contributed by atoms with E-state index in [2.05, 4.69) is 21.7 Å². The second kappa shape index (κ2) is 11.9. The Morgan fingerprint density at radius 3 is 2.70 bits per heavy atom. The van der Waals surface area contributed by atoms with Crippen LogP contribution in [0.2, 0.25) is 5.02 Å². The number of halogens is 3. The first-order valence-electron chi connectivity index (χ1n) is 12.1. The second-order valence-corrected chi connectivity index (χ2v) is 9.66. The molecule has 1 aliphatic heterocycles. The topological polar surface area (TPSA) is 74.7 Å². The van der Waals surface area contributed by atoms with Gasteiger partial charge in [-0.2, -0.15) is 0 Å². The second-order valence-electron chi connectivity index (χ2n) is 9.25. The zero-order valence-corrected chi connectivity index (χ0v) is 21.2. The molecule has 3 aromatic rings. The molecule has 9 heteroatoms. The fourth-order valence-corrected chi connectivity index (χ4v) is 5.11. The molecule has 1 fully saturated rings. The number of fused-ring (bicyclic) bond motifs is 1. The number of rotatable bonds is 7. The van der Waals surface area contributed by atoms with Crippen LogP contribution in [0, 0.1) is 28.9 Å². The molecule has 1 amide bonds. The Bertz CT molecular complexity index is 1350. The molecule has 0 aliphatic carbocycles. The van der Waals surface area contributed by atoms with Gasteiger partial charge in [0.1, 0.15) is 5.75 Å². The molecule has 194 valence electrons. The molecule has 0 bridgehead atoms. The minimum atomic E-state index is -0.926. The molecule has 2 heterocycles. The van der Waals surface area contributed by atoms with Crippen LogP contribution in [0.1, 0.15) is 36.8 Å². The number of ether oxygens (including phenoxy) is 1. The van der Waals surface area contributed by atoms with Crippen molar-refractivity contribution in [2.24, 2.45) is 5.41 Å². The van der Waals surface area contributed by atoms with Crippen LogP contribution in [-0.2, 0) is 11.2 Å². The van der Waals surface area contributed by atoms with Crippen LogP contribution in [0.15, 0.2) is 42.6 Å². The highest BCUT2D eigenvalue weighted by Crippen LogP contribution is 2.38. The molecule has 4 rings (SSSR count). The number of likely N-dealkylation sites (tertiary alicyclic amines) is 1. The summed E-state index contributed by atoms with van der Waals surface area (Å²) in [6.07, 6.45) is 4.68. The third-order valence-electron chi connectivity index (χ3n) is 7.07. The number of carbonyl (C=O) groups is 1. The summed E-state index contributed by atoms with van der Waals surface area (Å²) in [6, 6.07) is 9.22. The average molecular weight is 528 g/mol. The van der Waals surface area contributed by atoms with E-state index in [-0.39, 0.29) is 5.91 Å². The van der Waals surface area contributed by atoms with Crippen molar-refractivity contribution in [3.8, 4) is 17.6 Å². The molecule has 37 heavy (non-hydrogen) atoms. The van der Waals surface area contributed by atoms with E-state index in [1.165, 1.54) is 6.07 Å². The van der Waals surface area contributed by atoms with E-state index in [1.807, 2.05) is 23.7 Å². The number of hydroxylamine groups is 1. The number of pyridine rings is 1. The van der Waals surface area contributed by atoms with Gasteiger partial charge in [0.25, 0.3) is 0 Å². The summed E-state index contributed by atoms with van der Waals surface area (Å²) in [7, 11) is 1.61. The lowest BCUT2D eigenvalue weighted by molar-refractivity contribution is -0.143. The first kappa shape index (κ1) is 26.8. The third-order valence-corrected chi connectivity index (χ3v) is 7.39. The maximum atomic E-state index is 13.4. The number of amides is 1. The minimum Gasteiger partial charge on any atom is -0.497 e. The number of piperidine rings is 1. The largest absolute Gasteiger partial charge is 0.497 e. The Balaban J connectivity index is 1.39. The lowest BCUT2D eigenvalue weighted by atomic mass is 9.73. The Morgan fingerprint density at radius 2 is 2.00 bits per heavy atom. The smallest absolute Gasteiger partial charge is 0.249 e. The molecule has 0 unspecified atom stereocenters. The number of hydrogen-bond donors (Lipinski definition) is 2. The molecule has 0 spiro atoms. The fourth-order valence-electron chi connectivity index (χ4n) is 4.86. The zero-order chi connectivity index (χ0) is 26.4. The van der Waals surface area contributed by atoms with E-state index in [4.69, 9.17) is 16.3 Å². The highest BCUT2D eigenvalue weighted by molar-refractivity contribution is 6.32. The zero-order valence-electron chi connectivity index (χ0n) is 20.5. The lowest BCUT2D eigenvalue weighted by Crippen LogP contribution is -2.48. The van der Waals surface area contributed by atoms with Gasteiger partial charge in [-0.05, 0) is 74.1 Å². The van der Waals surface area contributed by atoms with Crippen LogP contribution in [0.3, 0.4) is 0 Å². The van der Waals surface area contributed by atoms with Crippen molar-refractivity contribution in [3.05, 3.63) is 70.4 Å². The van der Waals surface area contributed by atoms with Crippen molar-refractivity contribution in [2.75, 3.05) is 26.7 Å².